The van der Waals surface area contributed by atoms with Crippen molar-refractivity contribution in [3.63, 3.8) is 0 Å². The molecule has 2 aromatic rings. The molecule has 1 spiro atoms. The van der Waals surface area contributed by atoms with Crippen molar-refractivity contribution in [2.75, 3.05) is 19.6 Å². The van der Waals surface area contributed by atoms with E-state index in [0.29, 0.717) is 18.8 Å². The number of rotatable bonds is 3. The molecule has 1 atom stereocenters. The summed E-state index contributed by atoms with van der Waals surface area (Å²) in [4.78, 5) is 33.9. The first-order chi connectivity index (χ1) is 12.6. The highest BCUT2D eigenvalue weighted by atomic mass is 16.2. The van der Waals surface area contributed by atoms with Gasteiger partial charge in [-0.05, 0) is 49.1 Å². The lowest BCUT2D eigenvalue weighted by molar-refractivity contribution is -0.138. The number of carbonyl (C=O) groups excluding carboxylic acids is 2. The molecule has 2 aliphatic heterocycles. The van der Waals surface area contributed by atoms with Gasteiger partial charge in [-0.2, -0.15) is 0 Å². The highest BCUT2D eigenvalue weighted by Gasteiger charge is 2.49. The molecule has 2 amide bonds. The number of likely N-dealkylation sites (tertiary alicyclic amines) is 2. The van der Waals surface area contributed by atoms with Crippen LogP contribution in [0.5, 0.6) is 0 Å². The molecule has 6 nitrogen and oxygen atoms in total. The zero-order valence-corrected chi connectivity index (χ0v) is 15.1. The number of pyridine rings is 1. The lowest BCUT2D eigenvalue weighted by Crippen LogP contribution is -2.50. The molecule has 0 bridgehead atoms. The quantitative estimate of drug-likeness (QED) is 0.850. The average Bonchev–Trinajstić information content (AvgIpc) is 3.21. The van der Waals surface area contributed by atoms with Crippen molar-refractivity contribution in [3.05, 3.63) is 54.1 Å². The number of hydrogen-bond acceptors (Lipinski definition) is 3. The van der Waals surface area contributed by atoms with E-state index in [2.05, 4.69) is 4.98 Å². The fourth-order valence-electron chi connectivity index (χ4n) is 4.28. The van der Waals surface area contributed by atoms with Crippen LogP contribution in [0.2, 0.25) is 0 Å². The van der Waals surface area contributed by atoms with Gasteiger partial charge in [0.05, 0.1) is 5.41 Å². The molecule has 2 aliphatic rings. The fourth-order valence-corrected chi connectivity index (χ4v) is 4.28. The predicted molar refractivity (Wildman–Crippen MR) is 97.3 cm³/mol. The van der Waals surface area contributed by atoms with E-state index in [1.54, 1.807) is 12.4 Å². The van der Waals surface area contributed by atoms with Crippen LogP contribution in [0.4, 0.5) is 0 Å². The van der Waals surface area contributed by atoms with Crippen LogP contribution in [0.25, 0.3) is 0 Å². The molecular formula is C20H24N4O2. The van der Waals surface area contributed by atoms with Gasteiger partial charge in [0.15, 0.2) is 0 Å². The predicted octanol–water partition coefficient (Wildman–Crippen LogP) is 2.08. The van der Waals surface area contributed by atoms with Crippen molar-refractivity contribution < 1.29 is 9.59 Å². The van der Waals surface area contributed by atoms with Crippen molar-refractivity contribution in [2.24, 2.45) is 12.5 Å². The number of carbonyl (C=O) groups is 2. The summed E-state index contributed by atoms with van der Waals surface area (Å²) in [6.07, 6.45) is 7.97. The normalized spacial score (nSPS) is 23.0. The van der Waals surface area contributed by atoms with E-state index in [-0.39, 0.29) is 11.8 Å². The largest absolute Gasteiger partial charge is 0.347 e. The Balaban J connectivity index is 1.49. The number of nitrogens with zero attached hydrogens (tertiary/aromatic N) is 4. The van der Waals surface area contributed by atoms with Crippen molar-refractivity contribution in [3.8, 4) is 0 Å². The topological polar surface area (TPSA) is 58.4 Å². The monoisotopic (exact) mass is 352 g/mol. The summed E-state index contributed by atoms with van der Waals surface area (Å²) in [5.41, 5.74) is 1.37. The first kappa shape index (κ1) is 16.8. The van der Waals surface area contributed by atoms with Crippen LogP contribution >= 0.6 is 0 Å². The molecule has 0 unspecified atom stereocenters. The third kappa shape index (κ3) is 2.89. The standard InChI is InChI=1S/C20H24N4O2/c1-22-11-2-4-17(22)18(25)24-12-3-7-20(15-24)8-13-23(19(20)26)14-16-5-9-21-10-6-16/h2,4-6,9-11H,3,7-8,12-15H2,1H3/t20-/m1/s1. The summed E-state index contributed by atoms with van der Waals surface area (Å²) < 4.78 is 1.84. The van der Waals surface area contributed by atoms with E-state index < -0.39 is 5.41 Å². The lowest BCUT2D eigenvalue weighted by atomic mass is 9.78. The first-order valence-electron chi connectivity index (χ1n) is 9.18. The number of amides is 2. The van der Waals surface area contributed by atoms with Crippen molar-refractivity contribution in [1.29, 1.82) is 0 Å². The minimum atomic E-state index is -0.411. The SMILES string of the molecule is Cn1cccc1C(=O)N1CCC[C@@]2(CCN(Cc3ccncc3)C2=O)C1. The highest BCUT2D eigenvalue weighted by Crippen LogP contribution is 2.41. The lowest BCUT2D eigenvalue weighted by Gasteiger charge is -2.39. The summed E-state index contributed by atoms with van der Waals surface area (Å²) in [5.74, 6) is 0.218. The zero-order valence-electron chi connectivity index (χ0n) is 15.1. The number of piperidine rings is 1. The molecule has 2 saturated heterocycles. The van der Waals surface area contributed by atoms with Crippen LogP contribution in [0, 0.1) is 5.41 Å². The Bertz CT molecular complexity index is 816. The smallest absolute Gasteiger partial charge is 0.270 e. The number of hydrogen-bond donors (Lipinski definition) is 0. The molecule has 2 fully saturated rings. The second-order valence-electron chi connectivity index (χ2n) is 7.45. The second-order valence-corrected chi connectivity index (χ2v) is 7.45. The number of aryl methyl sites for hydroxylation is 1. The molecule has 0 aliphatic carbocycles. The third-order valence-electron chi connectivity index (χ3n) is 5.75. The Morgan fingerprint density at radius 3 is 2.73 bits per heavy atom. The van der Waals surface area contributed by atoms with Gasteiger partial charge in [-0.1, -0.05) is 0 Å². The van der Waals surface area contributed by atoms with Crippen LogP contribution in [-0.4, -0.2) is 50.8 Å². The van der Waals surface area contributed by atoms with E-state index in [0.717, 1.165) is 37.9 Å². The summed E-state index contributed by atoms with van der Waals surface area (Å²) >= 11 is 0. The Morgan fingerprint density at radius 1 is 1.19 bits per heavy atom. The first-order valence-corrected chi connectivity index (χ1v) is 9.18. The van der Waals surface area contributed by atoms with E-state index >= 15 is 0 Å². The van der Waals surface area contributed by atoms with Gasteiger partial charge < -0.3 is 14.4 Å². The summed E-state index contributed by atoms with van der Waals surface area (Å²) in [5, 5.41) is 0. The average molecular weight is 352 g/mol. The highest BCUT2D eigenvalue weighted by molar-refractivity contribution is 5.94. The molecule has 4 heterocycles. The third-order valence-corrected chi connectivity index (χ3v) is 5.75. The van der Waals surface area contributed by atoms with Crippen molar-refractivity contribution in [1.82, 2.24) is 19.4 Å². The van der Waals surface area contributed by atoms with E-state index in [1.165, 1.54) is 0 Å². The Hall–Kier alpha value is -2.63. The summed E-state index contributed by atoms with van der Waals surface area (Å²) in [6, 6.07) is 7.62. The molecule has 2 aromatic heterocycles. The second kappa shape index (κ2) is 6.59. The van der Waals surface area contributed by atoms with Crippen molar-refractivity contribution >= 4 is 11.8 Å². The van der Waals surface area contributed by atoms with Gasteiger partial charge in [-0.15, -0.1) is 0 Å². The Labute approximate surface area is 153 Å². The maximum atomic E-state index is 13.2. The van der Waals surface area contributed by atoms with Gasteiger partial charge in [0, 0.05) is 51.8 Å². The molecule has 4 rings (SSSR count). The van der Waals surface area contributed by atoms with Gasteiger partial charge >= 0.3 is 0 Å². The Kier molecular flexibility index (Phi) is 4.26. The van der Waals surface area contributed by atoms with Crippen LogP contribution in [0.3, 0.4) is 0 Å². The van der Waals surface area contributed by atoms with Gasteiger partial charge in [0.2, 0.25) is 5.91 Å². The molecule has 6 heteroatoms. The summed E-state index contributed by atoms with van der Waals surface area (Å²) in [7, 11) is 1.88. The number of aromatic nitrogens is 2. The van der Waals surface area contributed by atoms with E-state index in [1.807, 2.05) is 51.9 Å². The molecule has 0 radical (unpaired) electrons. The Morgan fingerprint density at radius 2 is 2.00 bits per heavy atom. The molecule has 0 aromatic carbocycles. The summed E-state index contributed by atoms with van der Waals surface area (Å²) in [6.45, 7) is 2.63. The van der Waals surface area contributed by atoms with Crippen LogP contribution < -0.4 is 0 Å². The van der Waals surface area contributed by atoms with Gasteiger partial charge in [0.1, 0.15) is 5.69 Å². The molecule has 0 N–H and O–H groups in total. The maximum Gasteiger partial charge on any atom is 0.270 e. The van der Waals surface area contributed by atoms with Gasteiger partial charge in [-0.3, -0.25) is 14.6 Å². The maximum absolute atomic E-state index is 13.2. The van der Waals surface area contributed by atoms with Crippen LogP contribution in [0.1, 0.15) is 35.3 Å². The minimum Gasteiger partial charge on any atom is -0.347 e. The molecule has 0 saturated carbocycles. The zero-order chi connectivity index (χ0) is 18.1. The molecule has 136 valence electrons. The molecular weight excluding hydrogens is 328 g/mol. The van der Waals surface area contributed by atoms with Crippen LogP contribution in [0.15, 0.2) is 42.9 Å². The van der Waals surface area contributed by atoms with Gasteiger partial charge in [0.25, 0.3) is 5.91 Å². The van der Waals surface area contributed by atoms with Gasteiger partial charge in [-0.25, -0.2) is 0 Å². The minimum absolute atomic E-state index is 0.0250. The van der Waals surface area contributed by atoms with E-state index in [4.69, 9.17) is 0 Å². The van der Waals surface area contributed by atoms with Crippen molar-refractivity contribution in [2.45, 2.75) is 25.8 Å². The fraction of sp³-hybridized carbons (Fsp3) is 0.450. The molecule has 26 heavy (non-hydrogen) atoms. The van der Waals surface area contributed by atoms with E-state index in [9.17, 15) is 9.59 Å². The van der Waals surface area contributed by atoms with Crippen LogP contribution in [-0.2, 0) is 18.4 Å².